The molecule has 0 aromatic heterocycles. The van der Waals surface area contributed by atoms with Gasteiger partial charge in [0.15, 0.2) is 0 Å². The van der Waals surface area contributed by atoms with E-state index in [0.717, 1.165) is 0 Å². The quantitative estimate of drug-likeness (QED) is 0.723. The van der Waals surface area contributed by atoms with Crippen LogP contribution in [0, 0.1) is 11.3 Å². The van der Waals surface area contributed by atoms with Gasteiger partial charge in [-0.1, -0.05) is 24.3 Å². The zero-order valence-electron chi connectivity index (χ0n) is 14.2. The fourth-order valence-corrected chi connectivity index (χ4v) is 3.95. The third-order valence-electron chi connectivity index (χ3n) is 3.54. The van der Waals surface area contributed by atoms with E-state index < -0.39 is 22.0 Å². The largest absolute Gasteiger partial charge is 0.325 e. The van der Waals surface area contributed by atoms with Gasteiger partial charge >= 0.3 is 0 Å². The van der Waals surface area contributed by atoms with Crippen LogP contribution in [0.25, 0.3) is 0 Å². The fraction of sp³-hybridized carbons (Fsp3) is 0.222. The molecule has 0 aliphatic rings. The van der Waals surface area contributed by atoms with Crippen molar-refractivity contribution in [2.75, 3.05) is 17.3 Å². The Labute approximate surface area is 157 Å². The van der Waals surface area contributed by atoms with Gasteiger partial charge in [0.1, 0.15) is 6.04 Å². The molecule has 0 spiro atoms. The minimum Gasteiger partial charge on any atom is -0.325 e. The van der Waals surface area contributed by atoms with E-state index in [1.807, 2.05) is 12.3 Å². The van der Waals surface area contributed by atoms with Crippen molar-refractivity contribution in [3.63, 3.8) is 0 Å². The molecule has 2 rings (SSSR count). The number of amides is 1. The first-order chi connectivity index (χ1) is 12.5. The first kappa shape index (κ1) is 20.0. The smallest absolute Gasteiger partial charge is 0.242 e. The number of benzene rings is 2. The van der Waals surface area contributed by atoms with E-state index in [1.165, 1.54) is 30.0 Å². The maximum absolute atomic E-state index is 12.6. The molecule has 1 amide bonds. The third kappa shape index (κ3) is 5.59. The number of hydrogen-bond acceptors (Lipinski definition) is 5. The van der Waals surface area contributed by atoms with E-state index in [0.29, 0.717) is 23.4 Å². The van der Waals surface area contributed by atoms with Crippen molar-refractivity contribution in [1.29, 1.82) is 5.26 Å². The molecule has 0 saturated carbocycles. The first-order valence-electron chi connectivity index (χ1n) is 7.83. The van der Waals surface area contributed by atoms with E-state index in [2.05, 4.69) is 10.0 Å². The lowest BCUT2D eigenvalue weighted by Crippen LogP contribution is -2.44. The van der Waals surface area contributed by atoms with Crippen LogP contribution in [-0.2, 0) is 14.8 Å². The van der Waals surface area contributed by atoms with Crippen molar-refractivity contribution < 1.29 is 13.2 Å². The van der Waals surface area contributed by atoms with Crippen molar-refractivity contribution >= 4 is 33.4 Å². The maximum atomic E-state index is 12.6. The molecule has 2 aromatic carbocycles. The minimum atomic E-state index is -3.81. The predicted molar refractivity (Wildman–Crippen MR) is 103 cm³/mol. The summed E-state index contributed by atoms with van der Waals surface area (Å²) < 4.78 is 27.5. The third-order valence-corrected chi connectivity index (χ3v) is 5.67. The molecule has 136 valence electrons. The Morgan fingerprint density at radius 1 is 1.19 bits per heavy atom. The number of sulfonamides is 1. The van der Waals surface area contributed by atoms with Crippen LogP contribution in [0.5, 0.6) is 0 Å². The first-order valence-corrected chi connectivity index (χ1v) is 10.7. The summed E-state index contributed by atoms with van der Waals surface area (Å²) in [5.74, 6) is 0.154. The number of nitriles is 1. The fourth-order valence-electron chi connectivity index (χ4n) is 2.23. The van der Waals surface area contributed by atoms with Gasteiger partial charge in [-0.25, -0.2) is 8.42 Å². The van der Waals surface area contributed by atoms with E-state index >= 15 is 0 Å². The molecule has 6 nitrogen and oxygen atoms in total. The van der Waals surface area contributed by atoms with Gasteiger partial charge in [-0.05, 0) is 48.8 Å². The van der Waals surface area contributed by atoms with Crippen LogP contribution >= 0.6 is 11.8 Å². The van der Waals surface area contributed by atoms with E-state index in [9.17, 15) is 13.2 Å². The van der Waals surface area contributed by atoms with E-state index in [1.54, 1.807) is 36.4 Å². The standard InChI is InChI=1S/C18H19N3O3S2/c1-25-11-10-17(21-26(23,24)16-8-3-2-4-9-16)18(22)20-15-7-5-6-14(12-15)13-19/h2-9,12,17,21H,10-11H2,1H3,(H,20,22)/t17-/m0/s1. The molecule has 0 aliphatic heterocycles. The van der Waals surface area contributed by atoms with Crippen molar-refractivity contribution in [3.8, 4) is 6.07 Å². The highest BCUT2D eigenvalue weighted by Gasteiger charge is 2.25. The molecule has 1 atom stereocenters. The van der Waals surface area contributed by atoms with Crippen LogP contribution in [-0.4, -0.2) is 32.4 Å². The second kappa shape index (κ2) is 9.38. The topological polar surface area (TPSA) is 99.1 Å². The van der Waals surface area contributed by atoms with Crippen LogP contribution in [0.2, 0.25) is 0 Å². The van der Waals surface area contributed by atoms with Gasteiger partial charge in [0.2, 0.25) is 15.9 Å². The summed E-state index contributed by atoms with van der Waals surface area (Å²) in [7, 11) is -3.81. The van der Waals surface area contributed by atoms with Crippen LogP contribution in [0.4, 0.5) is 5.69 Å². The second-order valence-corrected chi connectivity index (χ2v) is 8.15. The normalized spacial score (nSPS) is 12.2. The Balaban J connectivity index is 2.18. The van der Waals surface area contributed by atoms with E-state index in [-0.39, 0.29) is 4.90 Å². The average Bonchev–Trinajstić information content (AvgIpc) is 2.65. The van der Waals surface area contributed by atoms with Crippen molar-refractivity contribution in [2.24, 2.45) is 0 Å². The highest BCUT2D eigenvalue weighted by atomic mass is 32.2. The summed E-state index contributed by atoms with van der Waals surface area (Å²) in [6.45, 7) is 0. The zero-order valence-corrected chi connectivity index (χ0v) is 15.8. The number of thioether (sulfide) groups is 1. The van der Waals surface area contributed by atoms with Gasteiger partial charge < -0.3 is 5.32 Å². The highest BCUT2D eigenvalue weighted by molar-refractivity contribution is 7.98. The number of hydrogen-bond donors (Lipinski definition) is 2. The Morgan fingerprint density at radius 3 is 2.58 bits per heavy atom. The molecular formula is C18H19N3O3S2. The molecule has 0 aliphatic carbocycles. The maximum Gasteiger partial charge on any atom is 0.242 e. The lowest BCUT2D eigenvalue weighted by atomic mass is 10.2. The number of carbonyl (C=O) groups excluding carboxylic acids is 1. The Morgan fingerprint density at radius 2 is 1.92 bits per heavy atom. The van der Waals surface area contributed by atoms with Gasteiger partial charge in [0.05, 0.1) is 16.5 Å². The SMILES string of the molecule is CSCC[C@H](NS(=O)(=O)c1ccccc1)C(=O)Nc1cccc(C#N)c1. The van der Waals surface area contributed by atoms with Crippen LogP contribution in [0.1, 0.15) is 12.0 Å². The molecule has 0 saturated heterocycles. The second-order valence-electron chi connectivity index (χ2n) is 5.45. The van der Waals surface area contributed by atoms with Gasteiger partial charge in [-0.2, -0.15) is 21.7 Å². The molecule has 8 heteroatoms. The monoisotopic (exact) mass is 389 g/mol. The molecular weight excluding hydrogens is 370 g/mol. The van der Waals surface area contributed by atoms with E-state index in [4.69, 9.17) is 5.26 Å². The summed E-state index contributed by atoms with van der Waals surface area (Å²) in [4.78, 5) is 12.7. The lowest BCUT2D eigenvalue weighted by molar-refractivity contribution is -0.117. The van der Waals surface area contributed by atoms with Crippen molar-refractivity contribution in [1.82, 2.24) is 4.72 Å². The number of nitrogens with zero attached hydrogens (tertiary/aromatic N) is 1. The molecule has 0 heterocycles. The molecule has 0 radical (unpaired) electrons. The Hall–Kier alpha value is -2.34. The van der Waals surface area contributed by atoms with Gasteiger partial charge in [-0.15, -0.1) is 0 Å². The van der Waals surface area contributed by atoms with Crippen molar-refractivity contribution in [2.45, 2.75) is 17.4 Å². The van der Waals surface area contributed by atoms with Crippen LogP contribution < -0.4 is 10.0 Å². The predicted octanol–water partition coefficient (Wildman–Crippen LogP) is 2.60. The summed E-state index contributed by atoms with van der Waals surface area (Å²) in [5, 5.41) is 11.6. The van der Waals surface area contributed by atoms with Crippen LogP contribution in [0.3, 0.4) is 0 Å². The number of rotatable bonds is 8. The Bertz CT molecular complexity index is 893. The minimum absolute atomic E-state index is 0.105. The summed E-state index contributed by atoms with van der Waals surface area (Å²) in [6, 6.07) is 15.5. The van der Waals surface area contributed by atoms with Crippen LogP contribution in [0.15, 0.2) is 59.5 Å². The molecule has 26 heavy (non-hydrogen) atoms. The highest BCUT2D eigenvalue weighted by Crippen LogP contribution is 2.14. The zero-order chi connectivity index (χ0) is 19.0. The number of carbonyl (C=O) groups is 1. The van der Waals surface area contributed by atoms with Crippen molar-refractivity contribution in [3.05, 3.63) is 60.2 Å². The summed E-state index contributed by atoms with van der Waals surface area (Å²) in [6.07, 6.45) is 2.23. The molecule has 0 unspecified atom stereocenters. The molecule has 0 fully saturated rings. The molecule has 0 bridgehead atoms. The molecule has 2 N–H and O–H groups in total. The lowest BCUT2D eigenvalue weighted by Gasteiger charge is -2.18. The summed E-state index contributed by atoms with van der Waals surface area (Å²) in [5.41, 5.74) is 0.857. The number of anilines is 1. The van der Waals surface area contributed by atoms with Gasteiger partial charge in [0.25, 0.3) is 0 Å². The Kier molecular flexibility index (Phi) is 7.21. The van der Waals surface area contributed by atoms with Gasteiger partial charge in [0, 0.05) is 5.69 Å². The average molecular weight is 390 g/mol. The van der Waals surface area contributed by atoms with Gasteiger partial charge in [-0.3, -0.25) is 4.79 Å². The summed E-state index contributed by atoms with van der Waals surface area (Å²) >= 11 is 1.52. The molecule has 2 aromatic rings. The number of nitrogens with one attached hydrogen (secondary N) is 2.